The van der Waals surface area contributed by atoms with Gasteiger partial charge < -0.3 is 15.3 Å². The number of aliphatic carboxylic acids is 1. The van der Waals surface area contributed by atoms with Gasteiger partial charge in [0.1, 0.15) is 0 Å². The minimum absolute atomic E-state index is 0.186. The average molecular weight is 304 g/mol. The van der Waals surface area contributed by atoms with E-state index in [4.69, 9.17) is 0 Å². The molecule has 1 amide bonds. The molecule has 1 unspecified atom stereocenters. The molecule has 1 aromatic carbocycles. The average Bonchev–Trinajstić information content (AvgIpc) is 2.47. The van der Waals surface area contributed by atoms with Crippen molar-refractivity contribution in [2.45, 2.75) is 38.3 Å². The fourth-order valence-electron chi connectivity index (χ4n) is 2.98. The summed E-state index contributed by atoms with van der Waals surface area (Å²) in [6.07, 6.45) is 3.27. The van der Waals surface area contributed by atoms with Crippen molar-refractivity contribution in [3.8, 4) is 0 Å². The number of carboxylic acids is 1. The summed E-state index contributed by atoms with van der Waals surface area (Å²) < 4.78 is 0. The van der Waals surface area contributed by atoms with Gasteiger partial charge in [-0.25, -0.2) is 0 Å². The zero-order valence-corrected chi connectivity index (χ0v) is 13.2. The predicted molar refractivity (Wildman–Crippen MR) is 84.7 cm³/mol. The molecule has 1 fully saturated rings. The number of hydrogen-bond donors (Lipinski definition) is 2. The maximum absolute atomic E-state index is 12.3. The molecule has 5 heteroatoms. The van der Waals surface area contributed by atoms with E-state index in [1.54, 1.807) is 12.1 Å². The van der Waals surface area contributed by atoms with Gasteiger partial charge in [0, 0.05) is 18.2 Å². The molecule has 120 valence electrons. The second-order valence-electron chi connectivity index (χ2n) is 6.24. The molecule has 0 spiro atoms. The summed E-state index contributed by atoms with van der Waals surface area (Å²) in [7, 11) is 3.99. The largest absolute Gasteiger partial charge is 0.481 e. The summed E-state index contributed by atoms with van der Waals surface area (Å²) in [6, 6.07) is 7.20. The molecular formula is C17H24N2O3. The Morgan fingerprint density at radius 3 is 2.41 bits per heavy atom. The molecule has 1 aromatic rings. The van der Waals surface area contributed by atoms with E-state index in [2.05, 4.69) is 10.2 Å². The lowest BCUT2D eigenvalue weighted by molar-refractivity contribution is -0.143. The third kappa shape index (κ3) is 4.31. The maximum Gasteiger partial charge on any atom is 0.308 e. The lowest BCUT2D eigenvalue weighted by atomic mass is 9.84. The van der Waals surface area contributed by atoms with Gasteiger partial charge in [-0.2, -0.15) is 0 Å². The third-order valence-corrected chi connectivity index (χ3v) is 4.11. The standard InChI is InChI=1S/C17H24N2O3/c1-19(2)11-12-7-9-13(10-8-12)16(20)18-15-6-4-3-5-14(15)17(21)22/h7-10,14-15H,3-6,11H2,1-2H3,(H,18,20)(H,21,22)/t14?,15-/m0/s1. The van der Waals surface area contributed by atoms with Crippen molar-refractivity contribution in [1.29, 1.82) is 0 Å². The van der Waals surface area contributed by atoms with Crippen LogP contribution >= 0.6 is 0 Å². The van der Waals surface area contributed by atoms with Gasteiger partial charge >= 0.3 is 5.97 Å². The molecular weight excluding hydrogens is 280 g/mol. The second kappa shape index (κ2) is 7.40. The Bertz CT molecular complexity index is 525. The number of rotatable bonds is 5. The van der Waals surface area contributed by atoms with Crippen molar-refractivity contribution in [2.24, 2.45) is 5.92 Å². The Balaban J connectivity index is 2.00. The number of amides is 1. The van der Waals surface area contributed by atoms with Crippen molar-refractivity contribution in [2.75, 3.05) is 14.1 Å². The Hall–Kier alpha value is -1.88. The highest BCUT2D eigenvalue weighted by molar-refractivity contribution is 5.94. The molecule has 2 atom stereocenters. The van der Waals surface area contributed by atoms with E-state index in [1.165, 1.54) is 0 Å². The molecule has 22 heavy (non-hydrogen) atoms. The van der Waals surface area contributed by atoms with Gasteiger partial charge in [-0.15, -0.1) is 0 Å². The summed E-state index contributed by atoms with van der Waals surface area (Å²) in [5, 5.41) is 12.2. The van der Waals surface area contributed by atoms with Crippen molar-refractivity contribution >= 4 is 11.9 Å². The summed E-state index contributed by atoms with van der Waals surface area (Å²) >= 11 is 0. The first-order valence-corrected chi connectivity index (χ1v) is 7.74. The van der Waals surface area contributed by atoms with E-state index in [1.807, 2.05) is 26.2 Å². The van der Waals surface area contributed by atoms with Crippen LogP contribution in [0.25, 0.3) is 0 Å². The van der Waals surface area contributed by atoms with E-state index < -0.39 is 11.9 Å². The minimum atomic E-state index is -0.814. The van der Waals surface area contributed by atoms with Gasteiger partial charge in [-0.3, -0.25) is 9.59 Å². The highest BCUT2D eigenvalue weighted by Gasteiger charge is 2.31. The quantitative estimate of drug-likeness (QED) is 0.874. The van der Waals surface area contributed by atoms with Crippen LogP contribution in [0.4, 0.5) is 0 Å². The van der Waals surface area contributed by atoms with Crippen LogP contribution < -0.4 is 5.32 Å². The number of carbonyl (C=O) groups is 2. The van der Waals surface area contributed by atoms with E-state index in [-0.39, 0.29) is 11.9 Å². The number of hydrogen-bond acceptors (Lipinski definition) is 3. The van der Waals surface area contributed by atoms with E-state index in [9.17, 15) is 14.7 Å². The number of nitrogens with zero attached hydrogens (tertiary/aromatic N) is 1. The molecule has 1 aliphatic carbocycles. The number of nitrogens with one attached hydrogen (secondary N) is 1. The highest BCUT2D eigenvalue weighted by Crippen LogP contribution is 2.25. The van der Waals surface area contributed by atoms with E-state index in [0.29, 0.717) is 12.0 Å². The van der Waals surface area contributed by atoms with Gasteiger partial charge in [0.15, 0.2) is 0 Å². The molecule has 0 saturated heterocycles. The van der Waals surface area contributed by atoms with Crippen molar-refractivity contribution in [3.63, 3.8) is 0 Å². The molecule has 2 rings (SSSR count). The first-order valence-electron chi connectivity index (χ1n) is 7.74. The summed E-state index contributed by atoms with van der Waals surface area (Å²) in [5.41, 5.74) is 1.72. The third-order valence-electron chi connectivity index (χ3n) is 4.11. The molecule has 0 bridgehead atoms. The van der Waals surface area contributed by atoms with Crippen LogP contribution in [0.15, 0.2) is 24.3 Å². The Kier molecular flexibility index (Phi) is 5.55. The zero-order valence-electron chi connectivity index (χ0n) is 13.2. The first kappa shape index (κ1) is 16.5. The summed E-state index contributed by atoms with van der Waals surface area (Å²) in [6.45, 7) is 0.825. The van der Waals surface area contributed by atoms with Crippen LogP contribution in [0, 0.1) is 5.92 Å². The van der Waals surface area contributed by atoms with Crippen LogP contribution in [0.2, 0.25) is 0 Å². The fraction of sp³-hybridized carbons (Fsp3) is 0.529. The zero-order chi connectivity index (χ0) is 16.1. The maximum atomic E-state index is 12.3. The van der Waals surface area contributed by atoms with E-state index in [0.717, 1.165) is 31.4 Å². The van der Waals surface area contributed by atoms with Gasteiger partial charge in [0.2, 0.25) is 0 Å². The van der Waals surface area contributed by atoms with Crippen LogP contribution in [-0.2, 0) is 11.3 Å². The lowest BCUT2D eigenvalue weighted by Gasteiger charge is -2.29. The Morgan fingerprint density at radius 1 is 1.18 bits per heavy atom. The molecule has 1 saturated carbocycles. The molecule has 0 aromatic heterocycles. The predicted octanol–water partition coefficient (Wildman–Crippen LogP) is 2.12. The van der Waals surface area contributed by atoms with Gasteiger partial charge in [-0.1, -0.05) is 25.0 Å². The summed E-state index contributed by atoms with van der Waals surface area (Å²) in [4.78, 5) is 25.6. The van der Waals surface area contributed by atoms with Crippen LogP contribution in [0.1, 0.15) is 41.6 Å². The molecule has 1 aliphatic rings. The second-order valence-corrected chi connectivity index (χ2v) is 6.24. The van der Waals surface area contributed by atoms with Crippen molar-refractivity contribution in [3.05, 3.63) is 35.4 Å². The Labute approximate surface area is 131 Å². The minimum Gasteiger partial charge on any atom is -0.481 e. The van der Waals surface area contributed by atoms with Crippen LogP contribution in [-0.4, -0.2) is 42.0 Å². The number of carboxylic acid groups (broad SMARTS) is 1. The lowest BCUT2D eigenvalue weighted by Crippen LogP contribution is -2.45. The first-order chi connectivity index (χ1) is 10.5. The van der Waals surface area contributed by atoms with Gasteiger partial charge in [-0.05, 0) is 44.6 Å². The van der Waals surface area contributed by atoms with Gasteiger partial charge in [0.05, 0.1) is 5.92 Å². The monoisotopic (exact) mass is 304 g/mol. The molecule has 2 N–H and O–H groups in total. The fourth-order valence-corrected chi connectivity index (χ4v) is 2.98. The molecule has 0 radical (unpaired) electrons. The van der Waals surface area contributed by atoms with Crippen LogP contribution in [0.5, 0.6) is 0 Å². The van der Waals surface area contributed by atoms with Crippen LogP contribution in [0.3, 0.4) is 0 Å². The SMILES string of the molecule is CN(C)Cc1ccc(C(=O)N[C@H]2CCCCC2C(=O)O)cc1. The summed E-state index contributed by atoms with van der Waals surface area (Å²) in [5.74, 6) is -1.47. The van der Waals surface area contributed by atoms with Gasteiger partial charge in [0.25, 0.3) is 5.91 Å². The van der Waals surface area contributed by atoms with Crippen molar-refractivity contribution in [1.82, 2.24) is 10.2 Å². The molecule has 0 aliphatic heterocycles. The topological polar surface area (TPSA) is 69.6 Å². The van der Waals surface area contributed by atoms with Crippen molar-refractivity contribution < 1.29 is 14.7 Å². The Morgan fingerprint density at radius 2 is 1.82 bits per heavy atom. The highest BCUT2D eigenvalue weighted by atomic mass is 16.4. The normalized spacial score (nSPS) is 21.6. The number of benzene rings is 1. The molecule has 0 heterocycles. The number of carbonyl (C=O) groups excluding carboxylic acids is 1. The molecule has 5 nitrogen and oxygen atoms in total. The smallest absolute Gasteiger partial charge is 0.308 e. The van der Waals surface area contributed by atoms with E-state index >= 15 is 0 Å².